The van der Waals surface area contributed by atoms with Crippen LogP contribution in [0.3, 0.4) is 0 Å². The van der Waals surface area contributed by atoms with Crippen molar-refractivity contribution in [1.82, 2.24) is 19.9 Å². The number of nitriles is 1. The minimum atomic E-state index is -5.09. The minimum absolute atomic E-state index is 0.0196. The minimum Gasteiger partial charge on any atom is -0.379 e. The Morgan fingerprint density at radius 1 is 1.12 bits per heavy atom. The molecular formula is C31H27F3N6O2S. The maximum atomic E-state index is 13.9. The van der Waals surface area contributed by atoms with Gasteiger partial charge >= 0.3 is 12.1 Å². The normalized spacial score (nSPS) is 17.2. The molecule has 43 heavy (non-hydrogen) atoms. The molecule has 0 spiro atoms. The van der Waals surface area contributed by atoms with Crippen molar-refractivity contribution in [3.8, 4) is 17.3 Å². The lowest BCUT2D eigenvalue weighted by molar-refractivity contribution is -0.169. The van der Waals surface area contributed by atoms with E-state index in [1.54, 1.807) is 54.7 Å². The maximum Gasteiger partial charge on any atom is 0.472 e. The number of alkyl halides is 3. The van der Waals surface area contributed by atoms with Gasteiger partial charge in [-0.1, -0.05) is 24.3 Å². The average molecular weight is 605 g/mol. The zero-order chi connectivity index (χ0) is 30.0. The van der Waals surface area contributed by atoms with E-state index in [0.717, 1.165) is 47.0 Å². The number of aromatic nitrogens is 3. The number of hydrogen-bond acceptors (Lipinski definition) is 8. The van der Waals surface area contributed by atoms with Crippen molar-refractivity contribution < 1.29 is 22.7 Å². The van der Waals surface area contributed by atoms with Crippen molar-refractivity contribution in [2.24, 2.45) is 0 Å². The summed E-state index contributed by atoms with van der Waals surface area (Å²) in [4.78, 5) is 30.3. The number of carbonyl (C=O) groups excluding carboxylic acids is 1. The molecule has 1 saturated heterocycles. The predicted molar refractivity (Wildman–Crippen MR) is 155 cm³/mol. The fourth-order valence-electron chi connectivity index (χ4n) is 5.48. The Labute approximate surface area is 250 Å². The largest absolute Gasteiger partial charge is 0.472 e. The van der Waals surface area contributed by atoms with Gasteiger partial charge in [-0.25, -0.2) is 19.9 Å². The van der Waals surface area contributed by atoms with E-state index in [-0.39, 0.29) is 23.3 Å². The highest BCUT2D eigenvalue weighted by Gasteiger charge is 2.45. The number of aryl methyl sites for hydroxylation is 1. The van der Waals surface area contributed by atoms with Gasteiger partial charge in [0.2, 0.25) is 0 Å². The number of anilines is 2. The number of hydrogen-bond donors (Lipinski definition) is 0. The van der Waals surface area contributed by atoms with E-state index in [0.29, 0.717) is 53.6 Å². The molecule has 1 amide bonds. The van der Waals surface area contributed by atoms with Gasteiger partial charge in [0.15, 0.2) is 5.13 Å². The number of thiazole rings is 1. The second kappa shape index (κ2) is 12.2. The maximum absolute atomic E-state index is 13.9. The molecule has 3 heterocycles. The first-order chi connectivity index (χ1) is 20.8. The second-order valence-corrected chi connectivity index (χ2v) is 11.5. The van der Waals surface area contributed by atoms with Crippen molar-refractivity contribution in [2.75, 3.05) is 31.2 Å². The molecule has 1 atom stereocenters. The van der Waals surface area contributed by atoms with Gasteiger partial charge in [0.1, 0.15) is 5.82 Å². The molecule has 6 rings (SSSR count). The van der Waals surface area contributed by atoms with Gasteiger partial charge in [-0.3, -0.25) is 9.69 Å². The fourth-order valence-corrected chi connectivity index (χ4v) is 6.68. The monoisotopic (exact) mass is 604 g/mol. The lowest BCUT2D eigenvalue weighted by atomic mass is 9.96. The van der Waals surface area contributed by atoms with Gasteiger partial charge in [-0.2, -0.15) is 18.4 Å². The van der Waals surface area contributed by atoms with Crippen LogP contribution in [0.4, 0.5) is 24.0 Å². The van der Waals surface area contributed by atoms with Gasteiger partial charge in [-0.15, -0.1) is 11.3 Å². The van der Waals surface area contributed by atoms with Gasteiger partial charge in [0.05, 0.1) is 41.9 Å². The van der Waals surface area contributed by atoms with E-state index < -0.39 is 12.1 Å². The zero-order valence-corrected chi connectivity index (χ0v) is 23.9. The molecular weight excluding hydrogens is 577 g/mol. The molecule has 1 fully saturated rings. The summed E-state index contributed by atoms with van der Waals surface area (Å²) in [6.07, 6.45) is -1.04. The first kappa shape index (κ1) is 28.9. The molecule has 8 nitrogen and oxygen atoms in total. The number of morpholine rings is 1. The number of benzene rings is 2. The Morgan fingerprint density at radius 2 is 1.91 bits per heavy atom. The van der Waals surface area contributed by atoms with Crippen LogP contribution in [-0.4, -0.2) is 64.3 Å². The smallest absolute Gasteiger partial charge is 0.379 e. The molecule has 2 aromatic heterocycles. The molecule has 0 radical (unpaired) electrons. The Bertz CT molecular complexity index is 1660. The number of nitrogens with zero attached hydrogens (tertiary/aromatic N) is 6. The molecule has 1 aliphatic heterocycles. The summed E-state index contributed by atoms with van der Waals surface area (Å²) in [6.45, 7) is 3.01. The lowest BCUT2D eigenvalue weighted by Crippen LogP contribution is -2.45. The van der Waals surface area contributed by atoms with Crippen LogP contribution >= 0.6 is 11.3 Å². The molecule has 0 unspecified atom stereocenters. The predicted octanol–water partition coefficient (Wildman–Crippen LogP) is 5.48. The summed E-state index contributed by atoms with van der Waals surface area (Å²) in [5.74, 6) is -1.52. The average Bonchev–Trinajstić information content (AvgIpc) is 3.44. The molecule has 0 saturated carbocycles. The zero-order valence-electron chi connectivity index (χ0n) is 23.0. The molecule has 2 aliphatic rings. The van der Waals surface area contributed by atoms with Crippen molar-refractivity contribution in [1.29, 1.82) is 5.26 Å². The second-order valence-electron chi connectivity index (χ2n) is 10.4. The molecule has 0 N–H and O–H groups in total. The van der Waals surface area contributed by atoms with Crippen LogP contribution < -0.4 is 4.90 Å². The van der Waals surface area contributed by atoms with Crippen LogP contribution in [0.2, 0.25) is 0 Å². The molecule has 220 valence electrons. The highest BCUT2D eigenvalue weighted by atomic mass is 32.1. The Hall–Kier alpha value is -4.18. The van der Waals surface area contributed by atoms with E-state index >= 15 is 0 Å². The molecule has 1 aliphatic carbocycles. The summed E-state index contributed by atoms with van der Waals surface area (Å²) in [7, 11) is 0. The molecule has 12 heteroatoms. The summed E-state index contributed by atoms with van der Waals surface area (Å²) >= 11 is 1.15. The highest BCUT2D eigenvalue weighted by molar-refractivity contribution is 7.16. The van der Waals surface area contributed by atoms with E-state index in [1.165, 1.54) is 6.07 Å². The fraction of sp³-hybridized carbons (Fsp3) is 0.323. The van der Waals surface area contributed by atoms with E-state index in [4.69, 9.17) is 10.00 Å². The lowest BCUT2D eigenvalue weighted by Gasteiger charge is -2.36. The first-order valence-corrected chi connectivity index (χ1v) is 14.7. The molecule has 2 aromatic carbocycles. The third kappa shape index (κ3) is 6.44. The van der Waals surface area contributed by atoms with Gasteiger partial charge in [0.25, 0.3) is 0 Å². The van der Waals surface area contributed by atoms with Crippen LogP contribution in [0.15, 0.2) is 60.8 Å². The number of amides is 1. The van der Waals surface area contributed by atoms with Crippen molar-refractivity contribution in [2.45, 2.75) is 37.9 Å². The van der Waals surface area contributed by atoms with Crippen LogP contribution in [0, 0.1) is 11.3 Å². The Balaban J connectivity index is 1.27. The van der Waals surface area contributed by atoms with Crippen molar-refractivity contribution >= 4 is 28.1 Å². The van der Waals surface area contributed by atoms with E-state index in [1.807, 2.05) is 0 Å². The number of carbonyl (C=O) groups is 1. The number of ether oxygens (including phenoxy) is 1. The molecule has 0 bridgehead atoms. The Kier molecular flexibility index (Phi) is 8.21. The van der Waals surface area contributed by atoms with Crippen molar-refractivity contribution in [3.05, 3.63) is 88.3 Å². The SMILES string of the molecule is N#Cc1ccc(-c2ccnc(Cc3cccc(N(C(=O)C(F)(F)F)c4nc5c(s4)C[C@@H](N4CCOCC4)CC5)c3)n2)cc1. The van der Waals surface area contributed by atoms with Crippen LogP contribution in [0.5, 0.6) is 0 Å². The van der Waals surface area contributed by atoms with E-state index in [2.05, 4.69) is 25.9 Å². The summed E-state index contributed by atoms with van der Waals surface area (Å²) in [5.41, 5.74) is 3.48. The quantitative estimate of drug-likeness (QED) is 0.288. The molecule has 4 aromatic rings. The number of fused-ring (bicyclic) bond motifs is 1. The van der Waals surface area contributed by atoms with Crippen LogP contribution in [-0.2, 0) is 28.8 Å². The van der Waals surface area contributed by atoms with E-state index in [9.17, 15) is 18.0 Å². The number of rotatable bonds is 6. The van der Waals surface area contributed by atoms with Gasteiger partial charge in [-0.05, 0) is 55.2 Å². The summed E-state index contributed by atoms with van der Waals surface area (Å²) in [5, 5.41) is 9.07. The Morgan fingerprint density at radius 3 is 2.65 bits per heavy atom. The summed E-state index contributed by atoms with van der Waals surface area (Å²) < 4.78 is 47.1. The third-order valence-electron chi connectivity index (χ3n) is 7.65. The first-order valence-electron chi connectivity index (χ1n) is 13.9. The van der Waals surface area contributed by atoms with Crippen LogP contribution in [0.25, 0.3) is 11.3 Å². The summed E-state index contributed by atoms with van der Waals surface area (Å²) in [6, 6.07) is 17.5. The van der Waals surface area contributed by atoms with Gasteiger partial charge < -0.3 is 4.74 Å². The standard InChI is InChI=1S/C31H27F3N6O2S/c32-31(33,34)29(41)40(30-38-26-9-8-23(18-27(26)43-30)39-12-14-42-15-13-39)24-3-1-2-21(16-24)17-28-36-11-10-25(37-28)22-6-4-20(19-35)5-7-22/h1-7,10-11,16,23H,8-9,12-15,17-18H2/t23-/m0/s1. The van der Waals surface area contributed by atoms with Gasteiger partial charge in [0, 0.05) is 42.2 Å². The van der Waals surface area contributed by atoms with Crippen molar-refractivity contribution in [3.63, 3.8) is 0 Å². The third-order valence-corrected chi connectivity index (χ3v) is 8.75. The number of halogens is 3. The topological polar surface area (TPSA) is 95.2 Å². The van der Waals surface area contributed by atoms with Crippen LogP contribution in [0.1, 0.15) is 33.9 Å². The highest BCUT2D eigenvalue weighted by Crippen LogP contribution is 2.39.